The van der Waals surface area contributed by atoms with Gasteiger partial charge >= 0.3 is 0 Å². The Morgan fingerprint density at radius 1 is 0.274 bits per heavy atom. The first-order valence-corrected chi connectivity index (χ1v) is 25.2. The lowest BCUT2D eigenvalue weighted by Crippen LogP contribution is -2.32. The Labute approximate surface area is 423 Å². The normalized spacial score (nSPS) is 14.2. The summed E-state index contributed by atoms with van der Waals surface area (Å²) in [5.74, 6) is 3.50. The summed E-state index contributed by atoms with van der Waals surface area (Å²) < 4.78 is 13.7. The molecule has 340 valence electrons. The van der Waals surface area contributed by atoms with E-state index in [1.54, 1.807) is 0 Å². The van der Waals surface area contributed by atoms with Gasteiger partial charge in [-0.15, -0.1) is 0 Å². The Bertz CT molecular complexity index is 4190. The van der Waals surface area contributed by atoms with Gasteiger partial charge in [-0.1, -0.05) is 200 Å². The second-order valence-corrected chi connectivity index (χ2v) is 19.8. The van der Waals surface area contributed by atoms with Gasteiger partial charge in [0.05, 0.1) is 22.2 Å². The quantitative estimate of drug-likeness (QED) is 0.176. The highest BCUT2D eigenvalue weighted by Crippen LogP contribution is 2.67. The zero-order valence-electron chi connectivity index (χ0n) is 39.6. The minimum Gasteiger partial charge on any atom is -0.457 e. The SMILES string of the molecule is c1ccc(-c2ccc(N(c3cccc4c3-c3ccccc3C43c4ccccc4Oc4ccccc43)c3cc4c(c5ccccc35)-c3cc5ccccc5cc3C43c4ccccc4Oc4ccccc43)cc2)cc1. The van der Waals surface area contributed by atoms with Crippen molar-refractivity contribution in [3.63, 3.8) is 0 Å². The Kier molecular flexibility index (Phi) is 8.30. The average Bonchev–Trinajstić information content (AvgIpc) is 3.92. The average molecular weight is 930 g/mol. The van der Waals surface area contributed by atoms with Crippen LogP contribution >= 0.6 is 0 Å². The molecule has 0 saturated heterocycles. The summed E-state index contributed by atoms with van der Waals surface area (Å²) in [5, 5.41) is 4.80. The van der Waals surface area contributed by atoms with Crippen LogP contribution < -0.4 is 14.4 Å². The number of fused-ring (bicyclic) bond motifs is 21. The smallest absolute Gasteiger partial charge is 0.132 e. The van der Waals surface area contributed by atoms with Gasteiger partial charge in [0.25, 0.3) is 0 Å². The predicted octanol–water partition coefficient (Wildman–Crippen LogP) is 18.1. The highest BCUT2D eigenvalue weighted by molar-refractivity contribution is 6.13. The predicted molar refractivity (Wildman–Crippen MR) is 296 cm³/mol. The van der Waals surface area contributed by atoms with Crippen LogP contribution in [0.5, 0.6) is 23.0 Å². The molecule has 0 N–H and O–H groups in total. The van der Waals surface area contributed by atoms with E-state index in [0.717, 1.165) is 67.9 Å². The third-order valence-electron chi connectivity index (χ3n) is 16.4. The van der Waals surface area contributed by atoms with Crippen molar-refractivity contribution in [1.29, 1.82) is 0 Å². The molecule has 16 rings (SSSR count). The molecule has 12 aromatic carbocycles. The summed E-state index contributed by atoms with van der Waals surface area (Å²) in [4.78, 5) is 2.56. The Morgan fingerprint density at radius 2 is 0.753 bits per heavy atom. The monoisotopic (exact) mass is 929 g/mol. The standard InChI is InChI=1S/C70H43NO2/c1-2-19-44(20-3-1)45-37-39-48(40-38-45)71(61-32-18-31-58-68(61)51-25-8-9-26-53(51)69(58)54-27-10-14-33-63(54)72-64-34-15-11-28-55(64)69)62-43-60-67(50-24-7-6-23-49(50)62)52-41-46-21-4-5-22-47(46)42-59(52)70(60)56-29-12-16-35-65(56)73-66-36-17-13-30-57(66)70/h1-43H. The molecule has 4 aliphatic rings. The van der Waals surface area contributed by atoms with E-state index in [2.05, 4.69) is 266 Å². The lowest BCUT2D eigenvalue weighted by atomic mass is 9.65. The lowest BCUT2D eigenvalue weighted by Gasteiger charge is -2.40. The number of rotatable bonds is 4. The maximum atomic E-state index is 6.90. The fourth-order valence-corrected chi connectivity index (χ4v) is 13.5. The number of anilines is 3. The molecule has 3 nitrogen and oxygen atoms in total. The molecule has 2 aliphatic carbocycles. The van der Waals surface area contributed by atoms with Crippen LogP contribution in [0.1, 0.15) is 44.5 Å². The van der Waals surface area contributed by atoms with Crippen LogP contribution in [0, 0.1) is 0 Å². The maximum absolute atomic E-state index is 6.90. The van der Waals surface area contributed by atoms with Crippen molar-refractivity contribution in [1.82, 2.24) is 0 Å². The zero-order chi connectivity index (χ0) is 47.8. The summed E-state index contributed by atoms with van der Waals surface area (Å²) >= 11 is 0. The minimum atomic E-state index is -0.716. The van der Waals surface area contributed by atoms with Crippen LogP contribution in [0.15, 0.2) is 261 Å². The van der Waals surface area contributed by atoms with Crippen molar-refractivity contribution < 1.29 is 9.47 Å². The Balaban J connectivity index is 1.05. The number of para-hydroxylation sites is 4. The highest BCUT2D eigenvalue weighted by atomic mass is 16.5. The largest absolute Gasteiger partial charge is 0.457 e. The molecule has 2 heterocycles. The van der Waals surface area contributed by atoms with Gasteiger partial charge in [-0.2, -0.15) is 0 Å². The summed E-state index contributed by atoms with van der Waals surface area (Å²) in [6.07, 6.45) is 0. The summed E-state index contributed by atoms with van der Waals surface area (Å²) in [6.45, 7) is 0. The van der Waals surface area contributed by atoms with Crippen molar-refractivity contribution in [2.75, 3.05) is 4.90 Å². The molecule has 73 heavy (non-hydrogen) atoms. The van der Waals surface area contributed by atoms with Crippen molar-refractivity contribution >= 4 is 38.6 Å². The number of ether oxygens (including phenoxy) is 2. The number of benzene rings is 12. The third-order valence-corrected chi connectivity index (χ3v) is 16.4. The topological polar surface area (TPSA) is 21.7 Å². The van der Waals surface area contributed by atoms with Gasteiger partial charge in [0.1, 0.15) is 23.0 Å². The summed E-state index contributed by atoms with van der Waals surface area (Å²) in [7, 11) is 0. The fraction of sp³-hybridized carbons (Fsp3) is 0.0286. The van der Waals surface area contributed by atoms with Gasteiger partial charge in [-0.3, -0.25) is 0 Å². The van der Waals surface area contributed by atoms with Gasteiger partial charge in [0.2, 0.25) is 0 Å². The number of hydrogen-bond acceptors (Lipinski definition) is 3. The summed E-state index contributed by atoms with van der Waals surface area (Å²) in [6, 6.07) is 95.9. The van der Waals surface area contributed by atoms with Gasteiger partial charge < -0.3 is 14.4 Å². The second-order valence-electron chi connectivity index (χ2n) is 19.8. The molecular formula is C70H43NO2. The molecule has 0 saturated carbocycles. The Hall–Kier alpha value is -9.44. The first-order chi connectivity index (χ1) is 36.2. The molecule has 0 unspecified atom stereocenters. The van der Waals surface area contributed by atoms with Crippen LogP contribution in [0.2, 0.25) is 0 Å². The van der Waals surface area contributed by atoms with Crippen LogP contribution in [0.25, 0.3) is 54.9 Å². The van der Waals surface area contributed by atoms with Crippen molar-refractivity contribution in [2.24, 2.45) is 0 Å². The van der Waals surface area contributed by atoms with Gasteiger partial charge in [0, 0.05) is 38.9 Å². The van der Waals surface area contributed by atoms with Crippen molar-refractivity contribution in [3.8, 4) is 56.4 Å². The van der Waals surface area contributed by atoms with E-state index in [9.17, 15) is 0 Å². The van der Waals surface area contributed by atoms with E-state index >= 15 is 0 Å². The van der Waals surface area contributed by atoms with E-state index in [1.165, 1.54) is 71.6 Å². The minimum absolute atomic E-state index is 0.639. The van der Waals surface area contributed by atoms with Crippen molar-refractivity contribution in [3.05, 3.63) is 305 Å². The van der Waals surface area contributed by atoms with E-state index in [-0.39, 0.29) is 0 Å². The van der Waals surface area contributed by atoms with Gasteiger partial charge in [0.15, 0.2) is 0 Å². The van der Waals surface area contributed by atoms with E-state index in [4.69, 9.17) is 9.47 Å². The molecule has 0 fully saturated rings. The first kappa shape index (κ1) is 40.3. The van der Waals surface area contributed by atoms with Crippen LogP contribution in [0.4, 0.5) is 17.1 Å². The molecule has 0 amide bonds. The van der Waals surface area contributed by atoms with Crippen LogP contribution in [-0.4, -0.2) is 0 Å². The van der Waals surface area contributed by atoms with Gasteiger partial charge in [-0.25, -0.2) is 0 Å². The fourth-order valence-electron chi connectivity index (χ4n) is 13.5. The molecule has 0 atom stereocenters. The van der Waals surface area contributed by atoms with Gasteiger partial charge in [-0.05, 0) is 127 Å². The highest BCUT2D eigenvalue weighted by Gasteiger charge is 2.54. The molecule has 0 radical (unpaired) electrons. The number of nitrogens with zero attached hydrogens (tertiary/aromatic N) is 1. The number of hydrogen-bond donors (Lipinski definition) is 0. The molecule has 2 aliphatic heterocycles. The molecule has 0 bridgehead atoms. The molecule has 3 heteroatoms. The van der Waals surface area contributed by atoms with Crippen LogP contribution in [0.3, 0.4) is 0 Å². The first-order valence-electron chi connectivity index (χ1n) is 25.2. The molecule has 12 aromatic rings. The second kappa shape index (κ2) is 15.0. The van der Waals surface area contributed by atoms with E-state index in [0.29, 0.717) is 0 Å². The molecular weight excluding hydrogens is 887 g/mol. The van der Waals surface area contributed by atoms with Crippen molar-refractivity contribution in [2.45, 2.75) is 10.8 Å². The van der Waals surface area contributed by atoms with E-state index < -0.39 is 10.8 Å². The third kappa shape index (κ3) is 5.33. The zero-order valence-corrected chi connectivity index (χ0v) is 39.6. The molecule has 2 spiro atoms. The Morgan fingerprint density at radius 3 is 1.38 bits per heavy atom. The van der Waals surface area contributed by atoms with E-state index in [1.807, 2.05) is 0 Å². The maximum Gasteiger partial charge on any atom is 0.132 e. The molecule has 0 aromatic heterocycles. The van der Waals surface area contributed by atoms with Crippen LogP contribution in [-0.2, 0) is 10.8 Å². The summed E-state index contributed by atoms with van der Waals surface area (Å²) in [5.41, 5.74) is 18.7. The lowest BCUT2D eigenvalue weighted by molar-refractivity contribution is 0.436.